The normalized spacial score (nSPS) is 14.1. The van der Waals surface area contributed by atoms with E-state index in [1.807, 2.05) is 0 Å². The van der Waals surface area contributed by atoms with Gasteiger partial charge in [-0.2, -0.15) is 0 Å². The van der Waals surface area contributed by atoms with Gasteiger partial charge in [0, 0.05) is 27.4 Å². The molecule has 0 heterocycles. The summed E-state index contributed by atoms with van der Waals surface area (Å²) in [7, 11) is 2.88. The number of nitrogens with two attached hydrogens (primary N) is 1. The predicted molar refractivity (Wildman–Crippen MR) is 60.5 cm³/mol. The first-order valence-corrected chi connectivity index (χ1v) is 5.31. The first-order valence-electron chi connectivity index (χ1n) is 5.31. The molecule has 2 unspecified atom stereocenters. The van der Waals surface area contributed by atoms with Crippen LogP contribution in [0.15, 0.2) is 0 Å². The lowest BCUT2D eigenvalue weighted by molar-refractivity contribution is -0.144. The molecule has 7 heteroatoms. The molecule has 100 valence electrons. The number of nitrogens with one attached hydrogen (secondary N) is 1. The van der Waals surface area contributed by atoms with Crippen molar-refractivity contribution < 1.29 is 24.2 Å². The lowest BCUT2D eigenvalue weighted by atomic mass is 10.1. The number of hydrogen-bond donors (Lipinski definition) is 3. The van der Waals surface area contributed by atoms with E-state index in [-0.39, 0.29) is 6.54 Å². The van der Waals surface area contributed by atoms with Gasteiger partial charge in [-0.1, -0.05) is 0 Å². The van der Waals surface area contributed by atoms with Crippen molar-refractivity contribution in [2.75, 3.05) is 27.4 Å². The molecule has 1 amide bonds. The minimum absolute atomic E-state index is 0.00669. The maximum atomic E-state index is 11.5. The Hall–Kier alpha value is -1.18. The molecule has 0 rings (SSSR count). The topological polar surface area (TPSA) is 111 Å². The van der Waals surface area contributed by atoms with Crippen LogP contribution in [0.1, 0.15) is 12.8 Å². The molecule has 0 aromatic heterocycles. The van der Waals surface area contributed by atoms with Crippen LogP contribution in [-0.2, 0) is 19.1 Å². The number of rotatable bonds is 9. The Kier molecular flexibility index (Phi) is 8.29. The first-order chi connectivity index (χ1) is 8.06. The fourth-order valence-electron chi connectivity index (χ4n) is 1.26. The average molecular weight is 248 g/mol. The zero-order valence-corrected chi connectivity index (χ0v) is 10.1. The van der Waals surface area contributed by atoms with E-state index in [0.29, 0.717) is 19.4 Å². The molecule has 0 aliphatic carbocycles. The van der Waals surface area contributed by atoms with Gasteiger partial charge in [-0.25, -0.2) is 4.79 Å². The van der Waals surface area contributed by atoms with Gasteiger partial charge in [0.1, 0.15) is 12.1 Å². The molecule has 0 aromatic rings. The number of carboxylic acids is 1. The maximum Gasteiger partial charge on any atom is 0.326 e. The molecule has 0 aliphatic rings. The zero-order chi connectivity index (χ0) is 13.3. The highest BCUT2D eigenvalue weighted by Crippen LogP contribution is 2.00. The van der Waals surface area contributed by atoms with Crippen molar-refractivity contribution in [3.63, 3.8) is 0 Å². The van der Waals surface area contributed by atoms with Crippen molar-refractivity contribution in [1.29, 1.82) is 0 Å². The van der Waals surface area contributed by atoms with Gasteiger partial charge < -0.3 is 25.6 Å². The third kappa shape index (κ3) is 6.20. The number of carbonyl (C=O) groups is 2. The highest BCUT2D eigenvalue weighted by Gasteiger charge is 2.23. The number of methoxy groups -OCH3 is 2. The van der Waals surface area contributed by atoms with E-state index in [2.05, 4.69) is 5.32 Å². The van der Waals surface area contributed by atoms with E-state index in [1.165, 1.54) is 14.2 Å². The Labute approximate surface area is 100 Å². The number of hydrogen-bond acceptors (Lipinski definition) is 5. The molecule has 0 radical (unpaired) electrons. The van der Waals surface area contributed by atoms with Crippen LogP contribution in [0.4, 0.5) is 0 Å². The third-order valence-electron chi connectivity index (χ3n) is 2.25. The summed E-state index contributed by atoms with van der Waals surface area (Å²) in [5, 5.41) is 11.3. The number of carboxylic acid groups (broad SMARTS) is 1. The highest BCUT2D eigenvalue weighted by atomic mass is 16.5. The summed E-state index contributed by atoms with van der Waals surface area (Å²) in [6, 6.07) is -0.943. The number of ether oxygens (including phenoxy) is 2. The van der Waals surface area contributed by atoms with E-state index < -0.39 is 24.0 Å². The lowest BCUT2D eigenvalue weighted by Crippen LogP contribution is -2.48. The van der Waals surface area contributed by atoms with E-state index in [9.17, 15) is 9.59 Å². The Morgan fingerprint density at radius 2 is 2.06 bits per heavy atom. The van der Waals surface area contributed by atoms with Crippen LogP contribution in [0.2, 0.25) is 0 Å². The molecule has 7 nitrogen and oxygen atoms in total. The number of aliphatic carboxylic acids is 1. The van der Waals surface area contributed by atoms with Crippen molar-refractivity contribution in [1.82, 2.24) is 5.32 Å². The Morgan fingerprint density at radius 1 is 1.41 bits per heavy atom. The molecule has 0 fully saturated rings. The summed E-state index contributed by atoms with van der Waals surface area (Å²) >= 11 is 0. The zero-order valence-electron chi connectivity index (χ0n) is 10.1. The molecule has 0 bridgehead atoms. The minimum Gasteiger partial charge on any atom is -0.480 e. The number of amides is 1. The van der Waals surface area contributed by atoms with Crippen LogP contribution in [0.5, 0.6) is 0 Å². The van der Waals surface area contributed by atoms with Crippen LogP contribution in [0.25, 0.3) is 0 Å². The van der Waals surface area contributed by atoms with Gasteiger partial charge in [0.2, 0.25) is 0 Å². The van der Waals surface area contributed by atoms with Crippen molar-refractivity contribution >= 4 is 11.9 Å². The SMILES string of the molecule is COCCCC(NC(=O)C(CN)OC)C(=O)O. The smallest absolute Gasteiger partial charge is 0.326 e. The lowest BCUT2D eigenvalue weighted by Gasteiger charge is -2.18. The summed E-state index contributed by atoms with van der Waals surface area (Å²) in [5.41, 5.74) is 5.30. The largest absolute Gasteiger partial charge is 0.480 e. The quantitative estimate of drug-likeness (QED) is 0.449. The Morgan fingerprint density at radius 3 is 2.47 bits per heavy atom. The van der Waals surface area contributed by atoms with Gasteiger partial charge in [-0.3, -0.25) is 4.79 Å². The standard InChI is InChI=1S/C10H20N2O5/c1-16-5-3-4-7(10(14)15)12-9(13)8(6-11)17-2/h7-8H,3-6,11H2,1-2H3,(H,12,13)(H,14,15). The van der Waals surface area contributed by atoms with Gasteiger partial charge in [-0.05, 0) is 12.8 Å². The third-order valence-corrected chi connectivity index (χ3v) is 2.25. The second-order valence-corrected chi connectivity index (χ2v) is 3.49. The van der Waals surface area contributed by atoms with Gasteiger partial charge in [0.15, 0.2) is 0 Å². The van der Waals surface area contributed by atoms with Crippen LogP contribution < -0.4 is 11.1 Å². The van der Waals surface area contributed by atoms with E-state index in [0.717, 1.165) is 0 Å². The van der Waals surface area contributed by atoms with E-state index in [4.69, 9.17) is 20.3 Å². The van der Waals surface area contributed by atoms with Crippen molar-refractivity contribution in [3.05, 3.63) is 0 Å². The van der Waals surface area contributed by atoms with Crippen LogP contribution in [-0.4, -0.2) is 56.5 Å². The highest BCUT2D eigenvalue weighted by molar-refractivity contribution is 5.86. The van der Waals surface area contributed by atoms with Gasteiger partial charge in [-0.15, -0.1) is 0 Å². The molecule has 0 saturated heterocycles. The van der Waals surface area contributed by atoms with Crippen molar-refractivity contribution in [2.24, 2.45) is 5.73 Å². The fraction of sp³-hybridized carbons (Fsp3) is 0.800. The second-order valence-electron chi connectivity index (χ2n) is 3.49. The average Bonchev–Trinajstić information content (AvgIpc) is 2.29. The van der Waals surface area contributed by atoms with Gasteiger partial charge >= 0.3 is 5.97 Å². The van der Waals surface area contributed by atoms with E-state index in [1.54, 1.807) is 0 Å². The molecule has 17 heavy (non-hydrogen) atoms. The fourth-order valence-corrected chi connectivity index (χ4v) is 1.26. The molecular weight excluding hydrogens is 228 g/mol. The molecular formula is C10H20N2O5. The molecule has 2 atom stereocenters. The van der Waals surface area contributed by atoms with Gasteiger partial charge in [0.05, 0.1) is 0 Å². The molecule has 0 aromatic carbocycles. The molecule has 0 aliphatic heterocycles. The van der Waals surface area contributed by atoms with Crippen LogP contribution >= 0.6 is 0 Å². The molecule has 0 spiro atoms. The summed E-state index contributed by atoms with van der Waals surface area (Å²) < 4.78 is 9.63. The predicted octanol–water partition coefficient (Wildman–Crippen LogP) is -1.04. The summed E-state index contributed by atoms with van der Waals surface area (Å²) in [5.74, 6) is -1.60. The monoisotopic (exact) mass is 248 g/mol. The maximum absolute atomic E-state index is 11.5. The second kappa shape index (κ2) is 8.91. The minimum atomic E-state index is -1.08. The van der Waals surface area contributed by atoms with E-state index >= 15 is 0 Å². The Bertz CT molecular complexity index is 243. The van der Waals surface area contributed by atoms with Crippen LogP contribution in [0.3, 0.4) is 0 Å². The summed E-state index contributed by atoms with van der Waals surface area (Å²) in [6.07, 6.45) is 0.0310. The number of carbonyl (C=O) groups excluding carboxylic acids is 1. The first kappa shape index (κ1) is 15.8. The summed E-state index contributed by atoms with van der Waals surface area (Å²) in [4.78, 5) is 22.4. The van der Waals surface area contributed by atoms with Crippen molar-refractivity contribution in [2.45, 2.75) is 25.0 Å². The van der Waals surface area contributed by atoms with Gasteiger partial charge in [0.25, 0.3) is 5.91 Å². The Balaban J connectivity index is 4.23. The molecule has 0 saturated carbocycles. The van der Waals surface area contributed by atoms with Crippen molar-refractivity contribution in [3.8, 4) is 0 Å². The molecule has 4 N–H and O–H groups in total. The van der Waals surface area contributed by atoms with Crippen LogP contribution in [0, 0.1) is 0 Å². The summed E-state index contributed by atoms with van der Waals surface area (Å²) in [6.45, 7) is 0.455.